The predicted molar refractivity (Wildman–Crippen MR) is 167 cm³/mol. The van der Waals surface area contributed by atoms with E-state index in [0.717, 1.165) is 18.4 Å². The van der Waals surface area contributed by atoms with Gasteiger partial charge in [0.2, 0.25) is 23.6 Å². The molecular formula is C33H40N5O5P. The van der Waals surface area contributed by atoms with E-state index < -0.39 is 11.8 Å². The van der Waals surface area contributed by atoms with Crippen LogP contribution in [0.2, 0.25) is 0 Å². The van der Waals surface area contributed by atoms with Crippen molar-refractivity contribution in [2.24, 2.45) is 11.8 Å². The van der Waals surface area contributed by atoms with Crippen molar-refractivity contribution in [2.45, 2.75) is 68.9 Å². The van der Waals surface area contributed by atoms with E-state index in [4.69, 9.17) is 0 Å². The maximum Gasteiger partial charge on any atom is 0.253 e. The fraction of sp³-hybridized carbons (Fsp3) is 0.485. The fourth-order valence-corrected chi connectivity index (χ4v) is 6.78. The normalized spacial score (nSPS) is 28.9. The van der Waals surface area contributed by atoms with E-state index in [2.05, 4.69) is 37.3 Å². The molecule has 2 aliphatic carbocycles. The largest absolute Gasteiger partial charge is 0.352 e. The molecule has 2 saturated heterocycles. The Morgan fingerprint density at radius 2 is 1.48 bits per heavy atom. The highest BCUT2D eigenvalue weighted by Crippen LogP contribution is 2.41. The number of nitrogens with zero attached hydrogens (tertiary/aromatic N) is 2. The van der Waals surface area contributed by atoms with Crippen LogP contribution in [0.15, 0.2) is 54.6 Å². The lowest BCUT2D eigenvalue weighted by Gasteiger charge is -2.19. The van der Waals surface area contributed by atoms with E-state index in [1.165, 1.54) is 5.56 Å². The van der Waals surface area contributed by atoms with Crippen LogP contribution in [0.4, 0.5) is 0 Å². The number of carbonyl (C=O) groups excluding carboxylic acids is 5. The smallest absolute Gasteiger partial charge is 0.253 e. The van der Waals surface area contributed by atoms with Crippen LogP contribution in [0.25, 0.3) is 0 Å². The van der Waals surface area contributed by atoms with Crippen LogP contribution in [0.5, 0.6) is 0 Å². The van der Waals surface area contributed by atoms with E-state index in [-0.39, 0.29) is 73.1 Å². The SMILES string of the molecule is CCC(=O)NC1CC(=O)N(Cc2ccc(C(=O)N3C[C@@H](C(=O)N[C@H]4C[C@@H]4c4ccccc4)[C@H](C(=O)N[C@H]4C[C@@H]4P)C3)cc2)C1. The summed E-state index contributed by atoms with van der Waals surface area (Å²) in [7, 11) is 2.72. The summed E-state index contributed by atoms with van der Waals surface area (Å²) in [6.07, 6.45) is 2.42. The summed E-state index contributed by atoms with van der Waals surface area (Å²) >= 11 is 0. The number of carbonyl (C=O) groups is 5. The van der Waals surface area contributed by atoms with Crippen molar-refractivity contribution in [2.75, 3.05) is 19.6 Å². The van der Waals surface area contributed by atoms with Crippen LogP contribution in [0.3, 0.4) is 0 Å². The number of hydrogen-bond donors (Lipinski definition) is 3. The molecule has 11 heteroatoms. The molecular weight excluding hydrogens is 577 g/mol. The highest BCUT2D eigenvalue weighted by Gasteiger charge is 2.48. The Balaban J connectivity index is 1.08. The molecule has 2 saturated carbocycles. The van der Waals surface area contributed by atoms with Gasteiger partial charge in [-0.15, -0.1) is 9.24 Å². The molecule has 3 N–H and O–H groups in total. The second-order valence-electron chi connectivity index (χ2n) is 12.6. The van der Waals surface area contributed by atoms with Gasteiger partial charge in [-0.3, -0.25) is 24.0 Å². The van der Waals surface area contributed by atoms with E-state index in [1.807, 2.05) is 30.3 Å². The summed E-state index contributed by atoms with van der Waals surface area (Å²) in [5.74, 6) is -1.64. The molecule has 8 atom stereocenters. The van der Waals surface area contributed by atoms with Gasteiger partial charge < -0.3 is 25.8 Å². The van der Waals surface area contributed by atoms with Gasteiger partial charge in [0, 0.05) is 62.6 Å². The van der Waals surface area contributed by atoms with Crippen molar-refractivity contribution in [3.05, 3.63) is 71.3 Å². The third-order valence-electron chi connectivity index (χ3n) is 9.27. The standard InChI is InChI=1S/C33H40N5O5P/c1-2-29(39)34-22-12-30(40)37(16-22)15-19-8-10-21(11-9-19)33(43)38-17-24(25(18-38)32(42)36-27-14-28(27)44)31(41)35-26-13-23(26)20-6-4-3-5-7-20/h3-11,22-28H,2,12-18,44H2,1H3,(H,34,39)(H,35,41)(H,36,42)/t22?,23-,24-,25-,26+,27+,28+/m1/s1. The second-order valence-corrected chi connectivity index (χ2v) is 13.5. The number of hydrogen-bond acceptors (Lipinski definition) is 5. The van der Waals surface area contributed by atoms with Gasteiger partial charge in [0.15, 0.2) is 0 Å². The summed E-state index contributed by atoms with van der Waals surface area (Å²) in [5, 5.41) is 9.10. The highest BCUT2D eigenvalue weighted by atomic mass is 31.0. The van der Waals surface area contributed by atoms with E-state index in [9.17, 15) is 24.0 Å². The molecule has 2 aromatic carbocycles. The minimum atomic E-state index is -0.626. The minimum Gasteiger partial charge on any atom is -0.352 e. The Hall–Kier alpha value is -3.78. The molecule has 4 fully saturated rings. The van der Waals surface area contributed by atoms with Crippen molar-refractivity contribution in [3.63, 3.8) is 0 Å². The van der Waals surface area contributed by atoms with Crippen molar-refractivity contribution < 1.29 is 24.0 Å². The monoisotopic (exact) mass is 617 g/mol. The zero-order valence-electron chi connectivity index (χ0n) is 24.9. The van der Waals surface area contributed by atoms with Crippen LogP contribution >= 0.6 is 9.24 Å². The first-order chi connectivity index (χ1) is 21.2. The van der Waals surface area contributed by atoms with E-state index in [1.54, 1.807) is 28.9 Å². The van der Waals surface area contributed by atoms with Gasteiger partial charge in [0.05, 0.1) is 17.9 Å². The average molecular weight is 618 g/mol. The van der Waals surface area contributed by atoms with Gasteiger partial charge in [-0.2, -0.15) is 0 Å². The molecule has 6 rings (SSSR count). The summed E-state index contributed by atoms with van der Waals surface area (Å²) in [5.41, 5.74) is 2.88. The Morgan fingerprint density at radius 3 is 2.09 bits per heavy atom. The van der Waals surface area contributed by atoms with Crippen LogP contribution in [0, 0.1) is 11.8 Å². The number of benzene rings is 2. The first kappa shape index (κ1) is 30.3. The Labute approximate surface area is 259 Å². The van der Waals surface area contributed by atoms with E-state index >= 15 is 0 Å². The lowest BCUT2D eigenvalue weighted by atomic mass is 9.94. The van der Waals surface area contributed by atoms with Crippen molar-refractivity contribution >= 4 is 38.8 Å². The summed E-state index contributed by atoms with van der Waals surface area (Å²) in [4.78, 5) is 67.9. The van der Waals surface area contributed by atoms with Crippen molar-refractivity contribution in [1.82, 2.24) is 25.8 Å². The molecule has 10 nitrogen and oxygen atoms in total. The molecule has 2 heterocycles. The topological polar surface area (TPSA) is 128 Å². The lowest BCUT2D eigenvalue weighted by Crippen LogP contribution is -2.43. The van der Waals surface area contributed by atoms with Crippen LogP contribution in [-0.2, 0) is 25.7 Å². The summed E-state index contributed by atoms with van der Waals surface area (Å²) in [6, 6.07) is 17.1. The van der Waals surface area contributed by atoms with Crippen molar-refractivity contribution in [1.29, 1.82) is 0 Å². The molecule has 2 aromatic rings. The van der Waals surface area contributed by atoms with E-state index in [0.29, 0.717) is 30.7 Å². The van der Waals surface area contributed by atoms with Crippen LogP contribution in [-0.4, -0.2) is 82.8 Å². The third kappa shape index (κ3) is 6.80. The molecule has 44 heavy (non-hydrogen) atoms. The molecule has 4 aliphatic rings. The summed E-state index contributed by atoms with van der Waals surface area (Å²) in [6.45, 7) is 2.98. The maximum absolute atomic E-state index is 13.6. The molecule has 2 unspecified atom stereocenters. The van der Waals surface area contributed by atoms with Crippen LogP contribution < -0.4 is 16.0 Å². The number of amides is 5. The first-order valence-corrected chi connectivity index (χ1v) is 16.2. The molecule has 0 aromatic heterocycles. The third-order valence-corrected chi connectivity index (χ3v) is 10.0. The van der Waals surface area contributed by atoms with Crippen molar-refractivity contribution in [3.8, 4) is 0 Å². The summed E-state index contributed by atoms with van der Waals surface area (Å²) < 4.78 is 0. The fourth-order valence-electron chi connectivity index (χ4n) is 6.39. The number of likely N-dealkylation sites (tertiary alicyclic amines) is 2. The Bertz CT molecular complexity index is 1440. The number of nitrogens with one attached hydrogen (secondary N) is 3. The predicted octanol–water partition coefficient (Wildman–Crippen LogP) is 1.81. The Kier molecular flexibility index (Phi) is 8.72. The van der Waals surface area contributed by atoms with Crippen LogP contribution in [0.1, 0.15) is 60.0 Å². The number of rotatable bonds is 10. The zero-order valence-corrected chi connectivity index (χ0v) is 26.1. The first-order valence-electron chi connectivity index (χ1n) is 15.6. The second kappa shape index (κ2) is 12.7. The lowest BCUT2D eigenvalue weighted by molar-refractivity contribution is -0.133. The van der Waals surface area contributed by atoms with Gasteiger partial charge in [-0.25, -0.2) is 0 Å². The minimum absolute atomic E-state index is 0.0160. The molecule has 5 amide bonds. The molecule has 232 valence electrons. The molecule has 2 aliphatic heterocycles. The highest BCUT2D eigenvalue weighted by molar-refractivity contribution is 7.18. The van der Waals surface area contributed by atoms with Gasteiger partial charge >= 0.3 is 0 Å². The molecule has 0 bridgehead atoms. The van der Waals surface area contributed by atoms with Gasteiger partial charge in [0.1, 0.15) is 0 Å². The van der Waals surface area contributed by atoms with Gasteiger partial charge in [-0.1, -0.05) is 49.4 Å². The molecule has 0 radical (unpaired) electrons. The molecule has 0 spiro atoms. The Morgan fingerprint density at radius 1 is 0.841 bits per heavy atom. The zero-order chi connectivity index (χ0) is 31.0. The van der Waals surface area contributed by atoms with Gasteiger partial charge in [0.25, 0.3) is 5.91 Å². The average Bonchev–Trinajstić information content (AvgIpc) is 3.84. The van der Waals surface area contributed by atoms with Gasteiger partial charge in [-0.05, 0) is 41.8 Å². The quantitative estimate of drug-likeness (QED) is 0.351. The maximum atomic E-state index is 13.6.